The van der Waals surface area contributed by atoms with Crippen molar-refractivity contribution in [1.29, 1.82) is 0 Å². The standard InChI is InChI=1S/C60H108O6/c1-4-7-10-13-16-19-22-25-27-29-30-32-33-35-38-41-44-47-50-53-59(62)65-56-57(55-64-58(61)52-49-46-43-40-37-24-21-18-15-12-9-6-3)66-60(63)54-51-48-45-42-39-36-34-31-28-26-23-20-17-14-11-8-5-2/h16,19,25-28,30,32,57H,4-15,17-18,20-24,29,31,33-56H2,1-3H3/b19-16-,27-25-,28-26-,32-30-. The van der Waals surface area contributed by atoms with E-state index in [4.69, 9.17) is 14.2 Å². The van der Waals surface area contributed by atoms with Crippen LogP contribution in [0.15, 0.2) is 48.6 Å². The van der Waals surface area contributed by atoms with Crippen molar-refractivity contribution in [1.82, 2.24) is 0 Å². The molecule has 0 saturated heterocycles. The normalized spacial score (nSPS) is 12.3. The Labute approximate surface area is 409 Å². The number of hydrogen-bond donors (Lipinski definition) is 0. The van der Waals surface area contributed by atoms with E-state index in [1.807, 2.05) is 0 Å². The highest BCUT2D eigenvalue weighted by molar-refractivity contribution is 5.71. The fourth-order valence-electron chi connectivity index (χ4n) is 8.21. The molecule has 0 aliphatic heterocycles. The molecule has 0 aliphatic rings. The molecule has 0 aromatic rings. The van der Waals surface area contributed by atoms with Crippen LogP contribution in [0.25, 0.3) is 0 Å². The van der Waals surface area contributed by atoms with E-state index in [1.54, 1.807) is 0 Å². The number of carbonyl (C=O) groups is 3. The van der Waals surface area contributed by atoms with E-state index >= 15 is 0 Å². The van der Waals surface area contributed by atoms with Crippen LogP contribution in [0.5, 0.6) is 0 Å². The Morgan fingerprint density at radius 2 is 0.545 bits per heavy atom. The zero-order valence-electron chi connectivity index (χ0n) is 44.0. The number of unbranched alkanes of at least 4 members (excludes halogenated alkanes) is 33. The molecule has 66 heavy (non-hydrogen) atoms. The third kappa shape index (κ3) is 52.3. The first kappa shape index (κ1) is 63.4. The minimum atomic E-state index is -0.778. The van der Waals surface area contributed by atoms with E-state index in [-0.39, 0.29) is 31.1 Å². The molecule has 0 fully saturated rings. The lowest BCUT2D eigenvalue weighted by molar-refractivity contribution is -0.167. The molecule has 0 amide bonds. The summed E-state index contributed by atoms with van der Waals surface area (Å²) in [5.74, 6) is -0.881. The van der Waals surface area contributed by atoms with Gasteiger partial charge in [0, 0.05) is 19.3 Å². The molecule has 6 nitrogen and oxygen atoms in total. The minimum absolute atomic E-state index is 0.0763. The van der Waals surface area contributed by atoms with Gasteiger partial charge in [-0.2, -0.15) is 0 Å². The van der Waals surface area contributed by atoms with Crippen LogP contribution in [0.2, 0.25) is 0 Å². The summed E-state index contributed by atoms with van der Waals surface area (Å²) in [4.78, 5) is 38.1. The van der Waals surface area contributed by atoms with Crippen molar-refractivity contribution < 1.29 is 28.6 Å². The van der Waals surface area contributed by atoms with E-state index in [9.17, 15) is 14.4 Å². The number of ether oxygens (including phenoxy) is 3. The van der Waals surface area contributed by atoms with Gasteiger partial charge in [0.1, 0.15) is 13.2 Å². The predicted molar refractivity (Wildman–Crippen MR) is 284 cm³/mol. The van der Waals surface area contributed by atoms with E-state index in [0.717, 1.165) is 77.0 Å². The molecule has 384 valence electrons. The molecule has 0 bridgehead atoms. The van der Waals surface area contributed by atoms with E-state index < -0.39 is 6.10 Å². The highest BCUT2D eigenvalue weighted by Gasteiger charge is 2.19. The second-order valence-electron chi connectivity index (χ2n) is 19.2. The average molecular weight is 926 g/mol. The van der Waals surface area contributed by atoms with Gasteiger partial charge in [0.2, 0.25) is 0 Å². The lowest BCUT2D eigenvalue weighted by Gasteiger charge is -2.18. The van der Waals surface area contributed by atoms with Gasteiger partial charge in [0.05, 0.1) is 0 Å². The number of allylic oxidation sites excluding steroid dienone is 8. The first-order valence-electron chi connectivity index (χ1n) is 28.6. The summed E-state index contributed by atoms with van der Waals surface area (Å²) in [5.41, 5.74) is 0. The maximum atomic E-state index is 12.8. The average Bonchev–Trinajstić information content (AvgIpc) is 3.31. The summed E-state index contributed by atoms with van der Waals surface area (Å²) in [5, 5.41) is 0. The lowest BCUT2D eigenvalue weighted by atomic mass is 10.0. The van der Waals surface area contributed by atoms with Gasteiger partial charge in [-0.3, -0.25) is 14.4 Å². The van der Waals surface area contributed by atoms with Gasteiger partial charge in [-0.05, 0) is 83.5 Å². The second kappa shape index (κ2) is 55.0. The molecule has 1 unspecified atom stereocenters. The lowest BCUT2D eigenvalue weighted by Crippen LogP contribution is -2.30. The molecule has 0 rings (SSSR count). The first-order valence-corrected chi connectivity index (χ1v) is 28.6. The van der Waals surface area contributed by atoms with Crippen LogP contribution in [-0.4, -0.2) is 37.2 Å². The summed E-state index contributed by atoms with van der Waals surface area (Å²) in [6.45, 7) is 6.62. The van der Waals surface area contributed by atoms with Crippen molar-refractivity contribution in [2.45, 2.75) is 303 Å². The monoisotopic (exact) mass is 925 g/mol. The van der Waals surface area contributed by atoms with Crippen molar-refractivity contribution in [2.75, 3.05) is 13.2 Å². The van der Waals surface area contributed by atoms with E-state index in [1.165, 1.54) is 180 Å². The van der Waals surface area contributed by atoms with Crippen LogP contribution in [0.3, 0.4) is 0 Å². The Morgan fingerprint density at radius 1 is 0.303 bits per heavy atom. The molecule has 0 spiro atoms. The Bertz CT molecular complexity index is 1150. The van der Waals surface area contributed by atoms with Crippen molar-refractivity contribution >= 4 is 17.9 Å². The minimum Gasteiger partial charge on any atom is -0.462 e. The Hall–Kier alpha value is -2.63. The van der Waals surface area contributed by atoms with Crippen LogP contribution in [-0.2, 0) is 28.6 Å². The largest absolute Gasteiger partial charge is 0.462 e. The van der Waals surface area contributed by atoms with Crippen LogP contribution in [0.4, 0.5) is 0 Å². The van der Waals surface area contributed by atoms with Crippen molar-refractivity contribution in [3.8, 4) is 0 Å². The maximum absolute atomic E-state index is 12.8. The van der Waals surface area contributed by atoms with Crippen molar-refractivity contribution in [2.24, 2.45) is 0 Å². The molecule has 1 atom stereocenters. The van der Waals surface area contributed by atoms with E-state index in [0.29, 0.717) is 19.3 Å². The second-order valence-corrected chi connectivity index (χ2v) is 19.2. The number of hydrogen-bond acceptors (Lipinski definition) is 6. The summed E-state index contributed by atoms with van der Waals surface area (Å²) in [7, 11) is 0. The van der Waals surface area contributed by atoms with Crippen LogP contribution in [0, 0.1) is 0 Å². The number of rotatable bonds is 52. The molecule has 6 heteroatoms. The van der Waals surface area contributed by atoms with Crippen LogP contribution in [0.1, 0.15) is 297 Å². The van der Waals surface area contributed by atoms with Crippen molar-refractivity contribution in [3.05, 3.63) is 48.6 Å². The van der Waals surface area contributed by atoms with E-state index in [2.05, 4.69) is 69.4 Å². The Kier molecular flexibility index (Phi) is 52.8. The molecule has 0 aromatic heterocycles. The van der Waals surface area contributed by atoms with Crippen LogP contribution >= 0.6 is 0 Å². The third-order valence-corrected chi connectivity index (χ3v) is 12.6. The van der Waals surface area contributed by atoms with Crippen LogP contribution < -0.4 is 0 Å². The molecule has 0 saturated carbocycles. The van der Waals surface area contributed by atoms with Gasteiger partial charge >= 0.3 is 17.9 Å². The summed E-state index contributed by atoms with van der Waals surface area (Å²) < 4.78 is 16.9. The fraction of sp³-hybridized carbons (Fsp3) is 0.817. The summed E-state index contributed by atoms with van der Waals surface area (Å²) >= 11 is 0. The molecular formula is C60H108O6. The topological polar surface area (TPSA) is 78.9 Å². The highest BCUT2D eigenvalue weighted by Crippen LogP contribution is 2.16. The molecule has 0 N–H and O–H groups in total. The molecule has 0 aromatic carbocycles. The van der Waals surface area contributed by atoms with Gasteiger partial charge < -0.3 is 14.2 Å². The van der Waals surface area contributed by atoms with Gasteiger partial charge in [0.15, 0.2) is 6.10 Å². The molecule has 0 aliphatic carbocycles. The Balaban J connectivity index is 4.36. The smallest absolute Gasteiger partial charge is 0.306 e. The zero-order chi connectivity index (χ0) is 47.9. The summed E-state index contributed by atoms with van der Waals surface area (Å²) in [6.07, 6.45) is 66.6. The van der Waals surface area contributed by atoms with Gasteiger partial charge in [-0.15, -0.1) is 0 Å². The zero-order valence-corrected chi connectivity index (χ0v) is 44.0. The number of esters is 3. The van der Waals surface area contributed by atoms with Gasteiger partial charge in [-0.1, -0.05) is 243 Å². The Morgan fingerprint density at radius 3 is 0.894 bits per heavy atom. The summed E-state index contributed by atoms with van der Waals surface area (Å²) in [6, 6.07) is 0. The predicted octanol–water partition coefficient (Wildman–Crippen LogP) is 19.0. The third-order valence-electron chi connectivity index (χ3n) is 12.6. The first-order chi connectivity index (χ1) is 32.5. The quantitative estimate of drug-likeness (QED) is 0.0262. The molecular weight excluding hydrogens is 817 g/mol. The molecule has 0 heterocycles. The highest BCUT2D eigenvalue weighted by atomic mass is 16.6. The fourth-order valence-corrected chi connectivity index (χ4v) is 8.21. The number of carbonyl (C=O) groups excluding carboxylic acids is 3. The van der Waals surface area contributed by atoms with Gasteiger partial charge in [-0.25, -0.2) is 0 Å². The SMILES string of the molecule is CCCCC/C=C\C/C=C\C/C=C\CCCCCCCCC(=O)OCC(COC(=O)CCCCCCCCCCCCCC)OC(=O)CCCCCCCCC/C=C\CCCCCCCC. The van der Waals surface area contributed by atoms with Gasteiger partial charge in [0.25, 0.3) is 0 Å². The maximum Gasteiger partial charge on any atom is 0.306 e. The molecule has 0 radical (unpaired) electrons. The van der Waals surface area contributed by atoms with Crippen molar-refractivity contribution in [3.63, 3.8) is 0 Å².